The largest absolute Gasteiger partial charge is 0.494 e. The molecule has 0 bridgehead atoms. The average molecular weight is 557 g/mol. The van der Waals surface area contributed by atoms with Gasteiger partial charge in [0, 0.05) is 26.6 Å². The molecule has 1 aromatic heterocycles. The smallest absolute Gasteiger partial charge is 0.348 e. The number of furan rings is 1. The number of ketones is 1. The number of hydrogen-bond donors (Lipinski definition) is 0. The van der Waals surface area contributed by atoms with Crippen LogP contribution in [-0.2, 0) is 0 Å². The Morgan fingerprint density at radius 3 is 2.33 bits per heavy atom. The second-order valence-corrected chi connectivity index (χ2v) is 9.38. The van der Waals surface area contributed by atoms with E-state index >= 15 is 0 Å². The quantitative estimate of drug-likeness (QED) is 0.0825. The van der Waals surface area contributed by atoms with E-state index in [1.165, 1.54) is 6.08 Å². The van der Waals surface area contributed by atoms with Crippen molar-refractivity contribution in [2.24, 2.45) is 0 Å². The van der Waals surface area contributed by atoms with Crippen LogP contribution in [0.5, 0.6) is 11.5 Å². The molecule has 0 aliphatic carbocycles. The number of carbonyl (C=O) groups excluding carboxylic acids is 2. The van der Waals surface area contributed by atoms with Crippen molar-refractivity contribution in [2.45, 2.75) is 6.92 Å². The third-order valence-electron chi connectivity index (χ3n) is 5.94. The number of halogens is 2. The van der Waals surface area contributed by atoms with Gasteiger partial charge in [-0.15, -0.1) is 0 Å². The van der Waals surface area contributed by atoms with Crippen molar-refractivity contribution in [1.82, 2.24) is 0 Å². The normalized spacial score (nSPS) is 11.2. The standard InChI is InChI=1S/C32H22Cl2O5/c1-2-37-25-15-17-29-26(19-25)30(31(39-29)22-6-4-3-5-7-22)32(36)38-24-13-9-21(10-14-24)28(35)16-11-20-8-12-23(33)18-27(20)34/h3-19H,2H2,1H3. The molecule has 1 heterocycles. The van der Waals surface area contributed by atoms with Gasteiger partial charge >= 0.3 is 5.97 Å². The summed E-state index contributed by atoms with van der Waals surface area (Å²) in [5, 5.41) is 1.55. The maximum Gasteiger partial charge on any atom is 0.348 e. The van der Waals surface area contributed by atoms with Crippen LogP contribution in [0, 0.1) is 0 Å². The van der Waals surface area contributed by atoms with E-state index in [1.54, 1.807) is 66.7 Å². The van der Waals surface area contributed by atoms with Crippen molar-refractivity contribution in [3.05, 3.63) is 124 Å². The van der Waals surface area contributed by atoms with Crippen LogP contribution in [0.1, 0.15) is 33.2 Å². The van der Waals surface area contributed by atoms with Gasteiger partial charge in [-0.05, 0) is 79.2 Å². The van der Waals surface area contributed by atoms with E-state index in [1.807, 2.05) is 37.3 Å². The maximum atomic E-state index is 13.5. The van der Waals surface area contributed by atoms with Crippen molar-refractivity contribution < 1.29 is 23.5 Å². The minimum Gasteiger partial charge on any atom is -0.494 e. The summed E-state index contributed by atoms with van der Waals surface area (Å²) in [6, 6.07) is 26.1. The molecule has 194 valence electrons. The number of carbonyl (C=O) groups is 2. The first-order chi connectivity index (χ1) is 18.9. The van der Waals surface area contributed by atoms with Crippen LogP contribution in [0.3, 0.4) is 0 Å². The van der Waals surface area contributed by atoms with Crippen LogP contribution in [0.4, 0.5) is 0 Å². The van der Waals surface area contributed by atoms with Crippen molar-refractivity contribution in [3.63, 3.8) is 0 Å². The van der Waals surface area contributed by atoms with E-state index in [0.717, 1.165) is 5.56 Å². The first kappa shape index (κ1) is 26.3. The Hall–Kier alpha value is -4.32. The topological polar surface area (TPSA) is 65.7 Å². The number of hydrogen-bond acceptors (Lipinski definition) is 5. The molecule has 0 unspecified atom stereocenters. The molecule has 0 radical (unpaired) electrons. The van der Waals surface area contributed by atoms with E-state index < -0.39 is 5.97 Å². The molecule has 7 heteroatoms. The molecule has 0 atom stereocenters. The lowest BCUT2D eigenvalue weighted by Gasteiger charge is -2.07. The lowest BCUT2D eigenvalue weighted by Crippen LogP contribution is -2.09. The summed E-state index contributed by atoms with van der Waals surface area (Å²) in [5.74, 6) is 0.500. The first-order valence-electron chi connectivity index (χ1n) is 12.2. The highest BCUT2D eigenvalue weighted by molar-refractivity contribution is 6.35. The molecular weight excluding hydrogens is 535 g/mol. The monoisotopic (exact) mass is 556 g/mol. The van der Waals surface area contributed by atoms with Crippen LogP contribution < -0.4 is 9.47 Å². The second-order valence-electron chi connectivity index (χ2n) is 8.54. The van der Waals surface area contributed by atoms with Crippen LogP contribution in [0.15, 0.2) is 101 Å². The van der Waals surface area contributed by atoms with Crippen molar-refractivity contribution >= 4 is 52.0 Å². The zero-order valence-electron chi connectivity index (χ0n) is 20.8. The van der Waals surface area contributed by atoms with E-state index in [-0.39, 0.29) is 11.5 Å². The molecule has 5 aromatic rings. The minimum atomic E-state index is -0.586. The number of ether oxygens (including phenoxy) is 2. The highest BCUT2D eigenvalue weighted by Crippen LogP contribution is 2.36. The average Bonchev–Trinajstić information content (AvgIpc) is 3.32. The molecule has 0 saturated heterocycles. The van der Waals surface area contributed by atoms with E-state index in [9.17, 15) is 9.59 Å². The SMILES string of the molecule is CCOc1ccc2oc(-c3ccccc3)c(C(=O)Oc3ccc(C(=O)C=Cc4ccc(Cl)cc4Cl)cc3)c2c1. The Labute approximate surface area is 235 Å². The van der Waals surface area contributed by atoms with E-state index in [0.29, 0.717) is 55.8 Å². The molecule has 0 aliphatic rings. The zero-order chi connectivity index (χ0) is 27.4. The van der Waals surface area contributed by atoms with Crippen molar-refractivity contribution in [3.8, 4) is 22.8 Å². The molecule has 0 saturated carbocycles. The third-order valence-corrected chi connectivity index (χ3v) is 6.50. The molecule has 5 nitrogen and oxygen atoms in total. The van der Waals surface area contributed by atoms with Gasteiger partial charge in [0.1, 0.15) is 28.4 Å². The summed E-state index contributed by atoms with van der Waals surface area (Å²) >= 11 is 12.1. The summed E-state index contributed by atoms with van der Waals surface area (Å²) in [6.07, 6.45) is 3.05. The van der Waals surface area contributed by atoms with Crippen LogP contribution >= 0.6 is 23.2 Å². The number of rotatable bonds is 8. The molecule has 0 aliphatic heterocycles. The van der Waals surface area contributed by atoms with E-state index in [4.69, 9.17) is 37.1 Å². The Kier molecular flexibility index (Phi) is 7.82. The van der Waals surface area contributed by atoms with Gasteiger partial charge in [0.2, 0.25) is 0 Å². The summed E-state index contributed by atoms with van der Waals surface area (Å²) in [7, 11) is 0. The molecule has 0 spiro atoms. The molecule has 0 amide bonds. The fourth-order valence-electron chi connectivity index (χ4n) is 4.07. The third kappa shape index (κ3) is 5.90. The Morgan fingerprint density at radius 1 is 0.872 bits per heavy atom. The Morgan fingerprint density at radius 2 is 1.62 bits per heavy atom. The Bertz CT molecular complexity index is 1690. The second kappa shape index (κ2) is 11.6. The predicted molar refractivity (Wildman–Crippen MR) is 154 cm³/mol. The Balaban J connectivity index is 1.40. The van der Waals surface area contributed by atoms with Gasteiger partial charge in [0.05, 0.1) is 6.61 Å². The molecule has 5 rings (SSSR count). The van der Waals surface area contributed by atoms with E-state index in [2.05, 4.69) is 0 Å². The van der Waals surface area contributed by atoms with Gasteiger partial charge in [-0.25, -0.2) is 4.79 Å². The lowest BCUT2D eigenvalue weighted by molar-refractivity contribution is 0.0737. The van der Waals surface area contributed by atoms with Gasteiger partial charge < -0.3 is 13.9 Å². The van der Waals surface area contributed by atoms with Gasteiger partial charge in [-0.2, -0.15) is 0 Å². The van der Waals surface area contributed by atoms with Crippen LogP contribution in [0.2, 0.25) is 10.0 Å². The molecule has 0 fully saturated rings. The fourth-order valence-corrected chi connectivity index (χ4v) is 4.54. The van der Waals surface area contributed by atoms with Gasteiger partial charge in [0.25, 0.3) is 0 Å². The highest BCUT2D eigenvalue weighted by atomic mass is 35.5. The summed E-state index contributed by atoms with van der Waals surface area (Å²) in [5.41, 5.74) is 2.68. The van der Waals surface area contributed by atoms with Crippen molar-refractivity contribution in [2.75, 3.05) is 6.61 Å². The van der Waals surface area contributed by atoms with Gasteiger partial charge in [-0.1, -0.05) is 59.6 Å². The number of allylic oxidation sites excluding steroid dienone is 1. The molecule has 0 N–H and O–H groups in total. The highest BCUT2D eigenvalue weighted by Gasteiger charge is 2.24. The lowest BCUT2D eigenvalue weighted by atomic mass is 10.1. The summed E-state index contributed by atoms with van der Waals surface area (Å²) in [4.78, 5) is 26.1. The minimum absolute atomic E-state index is 0.227. The number of fused-ring (bicyclic) bond motifs is 1. The maximum absolute atomic E-state index is 13.5. The van der Waals surface area contributed by atoms with Crippen LogP contribution in [-0.4, -0.2) is 18.4 Å². The first-order valence-corrected chi connectivity index (χ1v) is 12.9. The molecule has 4 aromatic carbocycles. The summed E-state index contributed by atoms with van der Waals surface area (Å²) < 4.78 is 17.4. The zero-order valence-corrected chi connectivity index (χ0v) is 22.3. The van der Waals surface area contributed by atoms with Gasteiger partial charge in [-0.3, -0.25) is 4.79 Å². The molecular formula is C32H22Cl2O5. The van der Waals surface area contributed by atoms with Crippen molar-refractivity contribution in [1.29, 1.82) is 0 Å². The van der Waals surface area contributed by atoms with Gasteiger partial charge in [0.15, 0.2) is 5.78 Å². The number of benzene rings is 4. The van der Waals surface area contributed by atoms with Crippen LogP contribution in [0.25, 0.3) is 28.4 Å². The number of esters is 1. The predicted octanol–water partition coefficient (Wildman–Crippen LogP) is 8.92. The summed E-state index contributed by atoms with van der Waals surface area (Å²) in [6.45, 7) is 2.38. The fraction of sp³-hybridized carbons (Fsp3) is 0.0625. The molecule has 39 heavy (non-hydrogen) atoms.